The lowest BCUT2D eigenvalue weighted by Gasteiger charge is -2.47. The number of carboxylic acids is 1. The summed E-state index contributed by atoms with van der Waals surface area (Å²) in [5, 5.41) is 17.5. The molecule has 2 fully saturated rings. The van der Waals surface area contributed by atoms with Crippen molar-refractivity contribution in [2.24, 2.45) is 16.1 Å². The molecule has 1 aliphatic carbocycles. The molecule has 1 atom stereocenters. The largest absolute Gasteiger partial charge is 0.481 e. The molecule has 0 aromatic rings. The van der Waals surface area contributed by atoms with Crippen LogP contribution in [0.15, 0.2) is 10.2 Å². The van der Waals surface area contributed by atoms with Crippen molar-refractivity contribution in [3.63, 3.8) is 0 Å². The highest BCUT2D eigenvalue weighted by Gasteiger charge is 2.48. The standard InChI is InChI=1S/C18H25N3O3/c1-2-3-10-18(19-20-18)12-7-15(22)21-13-14(16(23)24)6-11-17(21)8-4-5-9-17/h1,14H,3-13H2,(H,23,24). The van der Waals surface area contributed by atoms with E-state index in [-0.39, 0.29) is 11.4 Å². The highest BCUT2D eigenvalue weighted by atomic mass is 16.4. The van der Waals surface area contributed by atoms with E-state index >= 15 is 0 Å². The number of nitrogens with zero attached hydrogens (tertiary/aromatic N) is 3. The van der Waals surface area contributed by atoms with Crippen molar-refractivity contribution in [2.45, 2.75) is 75.4 Å². The number of terminal acetylenes is 1. The van der Waals surface area contributed by atoms with Crippen LogP contribution in [-0.4, -0.2) is 39.6 Å². The van der Waals surface area contributed by atoms with E-state index in [0.29, 0.717) is 38.6 Å². The smallest absolute Gasteiger partial charge is 0.308 e. The number of aliphatic carboxylic acids is 1. The van der Waals surface area contributed by atoms with Gasteiger partial charge < -0.3 is 10.0 Å². The van der Waals surface area contributed by atoms with Gasteiger partial charge in [-0.15, -0.1) is 12.3 Å². The molecular weight excluding hydrogens is 306 g/mol. The predicted octanol–water partition coefficient (Wildman–Crippen LogP) is 2.98. The second-order valence-electron chi connectivity index (χ2n) is 7.40. The first-order chi connectivity index (χ1) is 11.5. The topological polar surface area (TPSA) is 82.3 Å². The third-order valence-corrected chi connectivity index (χ3v) is 5.91. The molecule has 2 heterocycles. The monoisotopic (exact) mass is 331 g/mol. The average molecular weight is 331 g/mol. The Balaban J connectivity index is 1.63. The number of hydrogen-bond acceptors (Lipinski definition) is 4. The average Bonchev–Trinajstić information content (AvgIpc) is 3.21. The molecule has 1 N–H and O–H groups in total. The minimum atomic E-state index is -0.793. The molecular formula is C18H25N3O3. The fraction of sp³-hybridized carbons (Fsp3) is 0.778. The van der Waals surface area contributed by atoms with E-state index < -0.39 is 17.6 Å². The van der Waals surface area contributed by atoms with Crippen LogP contribution < -0.4 is 0 Å². The van der Waals surface area contributed by atoms with Gasteiger partial charge in [-0.25, -0.2) is 0 Å². The summed E-state index contributed by atoms with van der Waals surface area (Å²) in [5.74, 6) is 1.42. The van der Waals surface area contributed by atoms with Gasteiger partial charge in [0, 0.05) is 37.8 Å². The number of piperidine rings is 1. The third-order valence-electron chi connectivity index (χ3n) is 5.91. The van der Waals surface area contributed by atoms with Gasteiger partial charge in [-0.05, 0) is 25.7 Å². The van der Waals surface area contributed by atoms with E-state index in [1.165, 1.54) is 0 Å². The van der Waals surface area contributed by atoms with Crippen LogP contribution in [0.25, 0.3) is 0 Å². The normalized spacial score (nSPS) is 26.3. The van der Waals surface area contributed by atoms with E-state index in [9.17, 15) is 14.7 Å². The van der Waals surface area contributed by atoms with Crippen LogP contribution in [0.5, 0.6) is 0 Å². The maximum absolute atomic E-state index is 12.9. The van der Waals surface area contributed by atoms with Crippen LogP contribution in [-0.2, 0) is 9.59 Å². The lowest BCUT2D eigenvalue weighted by molar-refractivity contribution is -0.151. The van der Waals surface area contributed by atoms with E-state index in [4.69, 9.17) is 6.42 Å². The van der Waals surface area contributed by atoms with Crippen molar-refractivity contribution >= 4 is 11.9 Å². The van der Waals surface area contributed by atoms with Crippen LogP contribution in [0.3, 0.4) is 0 Å². The maximum Gasteiger partial charge on any atom is 0.308 e. The van der Waals surface area contributed by atoms with Gasteiger partial charge in [-0.3, -0.25) is 9.59 Å². The Morgan fingerprint density at radius 3 is 2.50 bits per heavy atom. The summed E-state index contributed by atoms with van der Waals surface area (Å²) in [4.78, 5) is 26.2. The second kappa shape index (κ2) is 6.54. The van der Waals surface area contributed by atoms with Gasteiger partial charge in [-0.1, -0.05) is 12.8 Å². The minimum Gasteiger partial charge on any atom is -0.481 e. The third kappa shape index (κ3) is 3.31. The number of hydrogen-bond donors (Lipinski definition) is 1. The zero-order chi connectivity index (χ0) is 17.2. The fourth-order valence-electron chi connectivity index (χ4n) is 4.31. The first kappa shape index (κ1) is 16.9. The van der Waals surface area contributed by atoms with Crippen LogP contribution >= 0.6 is 0 Å². The molecule has 1 unspecified atom stereocenters. The number of likely N-dealkylation sites (tertiary alicyclic amines) is 1. The molecule has 3 rings (SSSR count). The molecule has 1 saturated carbocycles. The summed E-state index contributed by atoms with van der Waals surface area (Å²) in [6.07, 6.45) is 13.3. The van der Waals surface area contributed by atoms with Crippen molar-refractivity contribution in [1.82, 2.24) is 4.90 Å². The summed E-state index contributed by atoms with van der Waals surface area (Å²) in [7, 11) is 0. The Bertz CT molecular complexity index is 581. The molecule has 24 heavy (non-hydrogen) atoms. The Hall–Kier alpha value is -1.90. The first-order valence-electron chi connectivity index (χ1n) is 8.91. The quantitative estimate of drug-likeness (QED) is 0.760. The SMILES string of the molecule is C#CCCC1(CCC(=O)N2CC(C(=O)O)CCC23CCCC3)N=N1. The van der Waals surface area contributed by atoms with E-state index in [2.05, 4.69) is 16.1 Å². The molecule has 1 amide bonds. The number of carbonyl (C=O) groups is 2. The van der Waals surface area contributed by atoms with Crippen molar-refractivity contribution in [2.75, 3.05) is 6.54 Å². The van der Waals surface area contributed by atoms with E-state index in [0.717, 1.165) is 32.1 Å². The highest BCUT2D eigenvalue weighted by Crippen LogP contribution is 2.44. The Morgan fingerprint density at radius 2 is 1.92 bits per heavy atom. The lowest BCUT2D eigenvalue weighted by Crippen LogP contribution is -2.56. The molecule has 0 bridgehead atoms. The number of carboxylic acid groups (broad SMARTS) is 1. The molecule has 130 valence electrons. The second-order valence-corrected chi connectivity index (χ2v) is 7.40. The molecule has 0 aromatic heterocycles. The first-order valence-corrected chi connectivity index (χ1v) is 8.91. The van der Waals surface area contributed by atoms with Crippen molar-refractivity contribution < 1.29 is 14.7 Å². The molecule has 0 radical (unpaired) electrons. The van der Waals surface area contributed by atoms with Gasteiger partial charge in [0.1, 0.15) is 0 Å². The number of carbonyl (C=O) groups excluding carboxylic acids is 1. The van der Waals surface area contributed by atoms with E-state index in [1.54, 1.807) is 0 Å². The molecule has 1 spiro atoms. The van der Waals surface area contributed by atoms with Gasteiger partial charge in [-0.2, -0.15) is 10.2 Å². The van der Waals surface area contributed by atoms with Gasteiger partial charge in [0.25, 0.3) is 0 Å². The highest BCUT2D eigenvalue weighted by molar-refractivity contribution is 5.79. The molecule has 0 aromatic carbocycles. The van der Waals surface area contributed by atoms with Gasteiger partial charge in [0.05, 0.1) is 5.92 Å². The molecule has 6 heteroatoms. The zero-order valence-electron chi connectivity index (χ0n) is 14.0. The summed E-state index contributed by atoms with van der Waals surface area (Å²) in [6, 6.07) is 0. The van der Waals surface area contributed by atoms with Crippen LogP contribution in [0.4, 0.5) is 0 Å². The van der Waals surface area contributed by atoms with Crippen molar-refractivity contribution in [1.29, 1.82) is 0 Å². The van der Waals surface area contributed by atoms with Crippen molar-refractivity contribution in [3.05, 3.63) is 0 Å². The van der Waals surface area contributed by atoms with Crippen LogP contribution in [0, 0.1) is 18.3 Å². The van der Waals surface area contributed by atoms with Gasteiger partial charge in [0.15, 0.2) is 5.66 Å². The Morgan fingerprint density at radius 1 is 1.21 bits per heavy atom. The predicted molar refractivity (Wildman–Crippen MR) is 88.2 cm³/mol. The molecule has 1 saturated heterocycles. The minimum absolute atomic E-state index is 0.0558. The molecule has 3 aliphatic rings. The summed E-state index contributed by atoms with van der Waals surface area (Å²) in [5.41, 5.74) is -0.556. The summed E-state index contributed by atoms with van der Waals surface area (Å²) < 4.78 is 0. The zero-order valence-corrected chi connectivity index (χ0v) is 14.0. The van der Waals surface area contributed by atoms with Gasteiger partial charge >= 0.3 is 5.97 Å². The fourth-order valence-corrected chi connectivity index (χ4v) is 4.31. The molecule has 2 aliphatic heterocycles. The van der Waals surface area contributed by atoms with Gasteiger partial charge in [0.2, 0.25) is 5.91 Å². The van der Waals surface area contributed by atoms with E-state index in [1.807, 2.05) is 4.90 Å². The van der Waals surface area contributed by atoms with Crippen LogP contribution in [0.1, 0.15) is 64.2 Å². The van der Waals surface area contributed by atoms with Crippen molar-refractivity contribution in [3.8, 4) is 12.3 Å². The summed E-state index contributed by atoms with van der Waals surface area (Å²) >= 11 is 0. The molecule has 6 nitrogen and oxygen atoms in total. The number of rotatable bonds is 6. The number of amides is 1. The lowest BCUT2D eigenvalue weighted by atomic mass is 9.80. The summed E-state index contributed by atoms with van der Waals surface area (Å²) in [6.45, 7) is 0.347. The Labute approximate surface area is 142 Å². The van der Waals surface area contributed by atoms with Crippen LogP contribution in [0.2, 0.25) is 0 Å². The maximum atomic E-state index is 12.9. The Kier molecular flexibility index (Phi) is 4.62.